The van der Waals surface area contributed by atoms with Crippen LogP contribution < -0.4 is 5.32 Å². The lowest BCUT2D eigenvalue weighted by atomic mass is 9.92. The lowest BCUT2D eigenvalue weighted by Gasteiger charge is -2.22. The fraction of sp³-hybridized carbons (Fsp3) is 0.667. The average Bonchev–Trinajstić information content (AvgIpc) is 3.03. The van der Waals surface area contributed by atoms with E-state index >= 15 is 0 Å². The number of carbonyl (C=O) groups excluding carboxylic acids is 2. The number of nitrogens with one attached hydrogen (secondary N) is 1. The molecule has 2 rings (SSSR count). The summed E-state index contributed by atoms with van der Waals surface area (Å²) in [7, 11) is -1.33. The summed E-state index contributed by atoms with van der Waals surface area (Å²) in [6.45, 7) is 23.4. The predicted molar refractivity (Wildman–Crippen MR) is 154 cm³/mol. The van der Waals surface area contributed by atoms with Crippen LogP contribution in [-0.4, -0.2) is 44.6 Å². The Kier molecular flexibility index (Phi) is 10.7. The number of ether oxygens (including phenoxy) is 3. The molecule has 0 bridgehead atoms. The van der Waals surface area contributed by atoms with Gasteiger partial charge >= 0.3 is 5.97 Å². The van der Waals surface area contributed by atoms with Crippen molar-refractivity contribution < 1.29 is 23.8 Å². The van der Waals surface area contributed by atoms with Gasteiger partial charge in [-0.25, -0.2) is 4.79 Å². The number of aryl methyl sites for hydroxylation is 2. The van der Waals surface area contributed by atoms with Crippen LogP contribution in [0.5, 0.6) is 0 Å². The number of esters is 1. The van der Waals surface area contributed by atoms with Gasteiger partial charge in [-0.3, -0.25) is 4.79 Å². The van der Waals surface area contributed by atoms with Crippen molar-refractivity contribution in [2.45, 2.75) is 105 Å². The van der Waals surface area contributed by atoms with Gasteiger partial charge in [-0.2, -0.15) is 0 Å². The Morgan fingerprint density at radius 3 is 2.32 bits per heavy atom. The zero-order chi connectivity index (χ0) is 28.1. The number of benzene rings is 1. The number of anilines is 1. The molecule has 1 heterocycles. The minimum absolute atomic E-state index is 0.0823. The van der Waals surface area contributed by atoms with Crippen molar-refractivity contribution in [3.63, 3.8) is 0 Å². The summed E-state index contributed by atoms with van der Waals surface area (Å²) >= 11 is 0. The molecule has 37 heavy (non-hydrogen) atoms. The van der Waals surface area contributed by atoms with Gasteiger partial charge in [-0.1, -0.05) is 65.6 Å². The molecule has 0 aromatic heterocycles. The Hall–Kier alpha value is -1.96. The fourth-order valence-corrected chi connectivity index (χ4v) is 5.11. The van der Waals surface area contributed by atoms with Crippen LogP contribution in [0.4, 0.5) is 5.69 Å². The Labute approximate surface area is 225 Å². The van der Waals surface area contributed by atoms with E-state index in [1.54, 1.807) is 0 Å². The molecule has 4 atom stereocenters. The van der Waals surface area contributed by atoms with E-state index in [1.807, 2.05) is 39.8 Å². The number of hydrogen-bond donors (Lipinski definition) is 1. The maximum Gasteiger partial charge on any atom is 0.340 e. The van der Waals surface area contributed by atoms with Gasteiger partial charge in [-0.05, 0) is 62.8 Å². The number of allylic oxidation sites excluding steroid dienone is 1. The van der Waals surface area contributed by atoms with Gasteiger partial charge in [-0.15, -0.1) is 0 Å². The maximum absolute atomic E-state index is 13.2. The van der Waals surface area contributed by atoms with Crippen LogP contribution in [0.2, 0.25) is 25.7 Å². The molecule has 0 spiro atoms. The van der Waals surface area contributed by atoms with E-state index in [4.69, 9.17) is 14.2 Å². The molecule has 0 saturated carbocycles. The van der Waals surface area contributed by atoms with E-state index in [2.05, 4.69) is 64.8 Å². The van der Waals surface area contributed by atoms with Gasteiger partial charge in [0.1, 0.15) is 0 Å². The summed E-state index contributed by atoms with van der Waals surface area (Å²) in [5.74, 6) is -0.303. The van der Waals surface area contributed by atoms with Gasteiger partial charge in [0.05, 0.1) is 36.5 Å². The zero-order valence-electron chi connectivity index (χ0n) is 24.9. The minimum atomic E-state index is -1.33. The first-order valence-corrected chi connectivity index (χ1v) is 17.3. The molecule has 1 aromatic carbocycles. The summed E-state index contributed by atoms with van der Waals surface area (Å²) in [6, 6.07) is 4.65. The van der Waals surface area contributed by atoms with E-state index in [1.165, 1.54) is 0 Å². The summed E-state index contributed by atoms with van der Waals surface area (Å²) < 4.78 is 18.0. The van der Waals surface area contributed by atoms with Crippen LogP contribution >= 0.6 is 0 Å². The van der Waals surface area contributed by atoms with Crippen molar-refractivity contribution in [2.24, 2.45) is 17.8 Å². The second-order valence-corrected chi connectivity index (χ2v) is 18.3. The van der Waals surface area contributed by atoms with Crippen molar-refractivity contribution in [2.75, 3.05) is 11.9 Å². The highest BCUT2D eigenvalue weighted by Gasteiger charge is 2.44. The van der Waals surface area contributed by atoms with Crippen molar-refractivity contribution in [3.05, 3.63) is 41.0 Å². The van der Waals surface area contributed by atoms with Gasteiger partial charge in [0.25, 0.3) is 0 Å². The Balaban J connectivity index is 2.17. The molecule has 208 valence electrons. The molecule has 1 aliphatic rings. The van der Waals surface area contributed by atoms with E-state index in [0.29, 0.717) is 29.7 Å². The summed E-state index contributed by atoms with van der Waals surface area (Å²) in [6.07, 6.45) is 3.87. The highest BCUT2D eigenvalue weighted by molar-refractivity contribution is 6.76. The van der Waals surface area contributed by atoms with E-state index < -0.39 is 25.9 Å². The number of amides is 1. The molecule has 1 unspecified atom stereocenters. The lowest BCUT2D eigenvalue weighted by molar-refractivity contribution is -0.150. The van der Waals surface area contributed by atoms with Crippen LogP contribution in [0.25, 0.3) is 0 Å². The molecular weight excluding hydrogens is 482 g/mol. The second kappa shape index (κ2) is 12.7. The highest BCUT2D eigenvalue weighted by atomic mass is 28.3. The first kappa shape index (κ1) is 31.3. The van der Waals surface area contributed by atoms with Crippen LogP contribution in [0.3, 0.4) is 0 Å². The monoisotopic (exact) mass is 531 g/mol. The second-order valence-electron chi connectivity index (χ2n) is 12.7. The van der Waals surface area contributed by atoms with Gasteiger partial charge in [0.2, 0.25) is 5.91 Å². The van der Waals surface area contributed by atoms with Crippen LogP contribution in [0.1, 0.15) is 69.4 Å². The average molecular weight is 532 g/mol. The van der Waals surface area contributed by atoms with Crippen LogP contribution in [0, 0.1) is 31.6 Å². The van der Waals surface area contributed by atoms with E-state index in [9.17, 15) is 9.59 Å². The minimum Gasteiger partial charge on any atom is -0.462 e. The number of carbonyl (C=O) groups is 2. The molecule has 0 radical (unpaired) electrons. The summed E-state index contributed by atoms with van der Waals surface area (Å²) in [5, 5.41) is 2.97. The Bertz CT molecular complexity index is 979. The third-order valence-corrected chi connectivity index (χ3v) is 8.64. The third kappa shape index (κ3) is 9.69. The molecule has 1 N–H and O–H groups in total. The summed E-state index contributed by atoms with van der Waals surface area (Å²) in [5.41, 5.74) is 2.64. The molecule has 1 aliphatic heterocycles. The van der Waals surface area contributed by atoms with Crippen molar-refractivity contribution in [3.8, 4) is 0 Å². The molecule has 1 fully saturated rings. The fourth-order valence-electron chi connectivity index (χ4n) is 4.39. The summed E-state index contributed by atoms with van der Waals surface area (Å²) in [4.78, 5) is 26.2. The standard InChI is InChI=1S/C30H49NO5Si/c1-19(2)21(4)12-13-22(5)28-25(35-30(7,8)36-28)18-26(32)31-24-17-20(3)16-23(6)27(24)29(33)34-14-15-37(9,10)11/h12-13,16-17,19,21-22,25,28H,14-15,18H2,1-11H3,(H,31,32)/b13-12-/t21-,22?,25+,28-/m1/s1. The maximum atomic E-state index is 13.2. The number of rotatable bonds is 11. The Morgan fingerprint density at radius 1 is 1.08 bits per heavy atom. The molecular formula is C30H49NO5Si. The third-order valence-electron chi connectivity index (χ3n) is 6.94. The highest BCUT2D eigenvalue weighted by Crippen LogP contribution is 2.35. The number of hydrogen-bond acceptors (Lipinski definition) is 5. The lowest BCUT2D eigenvalue weighted by Crippen LogP contribution is -2.32. The first-order valence-electron chi connectivity index (χ1n) is 13.6. The van der Waals surface area contributed by atoms with Crippen LogP contribution in [0.15, 0.2) is 24.3 Å². The van der Waals surface area contributed by atoms with Crippen LogP contribution in [-0.2, 0) is 19.0 Å². The molecule has 6 nitrogen and oxygen atoms in total. The molecule has 1 aromatic rings. The molecule has 7 heteroatoms. The SMILES string of the molecule is Cc1cc(C)c(C(=O)OCC[Si](C)(C)C)c(NC(=O)C[C@@H]2OC(C)(C)O[C@@H]2C(C)/C=C\[C@@H](C)C(C)C)c1. The van der Waals surface area contributed by atoms with Crippen molar-refractivity contribution in [1.29, 1.82) is 0 Å². The molecule has 0 aliphatic carbocycles. The van der Waals surface area contributed by atoms with Crippen molar-refractivity contribution >= 4 is 25.6 Å². The molecule has 1 amide bonds. The van der Waals surface area contributed by atoms with Gasteiger partial charge in [0, 0.05) is 14.0 Å². The van der Waals surface area contributed by atoms with Gasteiger partial charge in [0.15, 0.2) is 5.79 Å². The van der Waals surface area contributed by atoms with E-state index in [0.717, 1.165) is 17.2 Å². The smallest absolute Gasteiger partial charge is 0.340 e. The first-order chi connectivity index (χ1) is 17.0. The normalized spacial score (nSPS) is 21.3. The predicted octanol–water partition coefficient (Wildman–Crippen LogP) is 7.13. The van der Waals surface area contributed by atoms with E-state index in [-0.39, 0.29) is 24.3 Å². The largest absolute Gasteiger partial charge is 0.462 e. The van der Waals surface area contributed by atoms with Gasteiger partial charge < -0.3 is 19.5 Å². The topological polar surface area (TPSA) is 73.9 Å². The molecule has 1 saturated heterocycles. The zero-order valence-corrected chi connectivity index (χ0v) is 25.9. The quantitative estimate of drug-likeness (QED) is 0.187. The van der Waals surface area contributed by atoms with Crippen molar-refractivity contribution in [1.82, 2.24) is 0 Å². The Morgan fingerprint density at radius 2 is 1.73 bits per heavy atom.